The molecule has 14 heteroatoms. The molecule has 0 bridgehead atoms. The fourth-order valence-electron chi connectivity index (χ4n) is 1.10. The smallest absolute Gasteiger partial charge is 0.250 e. The molecule has 0 atom stereocenters. The standard InChI is InChI=1S/C9H15BO3.10Y/c1-8(2)9(3,4)13-10(12-8)6-5-7-11;;;;;;;;;;/h5-7H,1-4H3;;;;;;;;;;/q-2;;;;;;;;;;. The predicted molar refractivity (Wildman–Crippen MR) is 50.7 cm³/mol. The largest absolute Gasteiger partial charge is 0.489 e. The number of rotatable bonds is 3. The van der Waals surface area contributed by atoms with Crippen molar-refractivity contribution in [3.05, 3.63) is 12.7 Å². The molecule has 0 aromatic heterocycles. The van der Waals surface area contributed by atoms with Crippen LogP contribution in [0.4, 0.5) is 0 Å². The zero-order chi connectivity index (χ0) is 10.1. The van der Waals surface area contributed by atoms with Gasteiger partial charge in [0.15, 0.2) is 0 Å². The third kappa shape index (κ3) is 27.0. The molecule has 0 aromatic rings. The van der Waals surface area contributed by atoms with Crippen molar-refractivity contribution in [2.45, 2.75) is 38.9 Å². The van der Waals surface area contributed by atoms with E-state index < -0.39 is 7.12 Å². The Bertz CT molecular complexity index is 208. The summed E-state index contributed by atoms with van der Waals surface area (Å²) >= 11 is 0. The van der Waals surface area contributed by atoms with Crippen LogP contribution in [0.25, 0.3) is 0 Å². The Hall–Kier alpha value is 10.6. The van der Waals surface area contributed by atoms with Crippen molar-refractivity contribution in [3.8, 4) is 0 Å². The average molecular weight is 1070 g/mol. The van der Waals surface area contributed by atoms with Gasteiger partial charge in [0.2, 0.25) is 0 Å². The third-order valence-electron chi connectivity index (χ3n) is 2.62. The van der Waals surface area contributed by atoms with E-state index >= 15 is 0 Å². The molecule has 0 N–H and O–H groups in total. The first-order chi connectivity index (χ1) is 5.89. The van der Waals surface area contributed by atoms with Gasteiger partial charge in [0.05, 0.1) is 11.2 Å². The summed E-state index contributed by atoms with van der Waals surface area (Å²) in [4.78, 5) is 10.1. The molecule has 0 aromatic carbocycles. The van der Waals surface area contributed by atoms with Gasteiger partial charge in [0.25, 0.3) is 7.12 Å². The van der Waals surface area contributed by atoms with E-state index in [1.807, 2.05) is 27.7 Å². The van der Waals surface area contributed by atoms with Crippen molar-refractivity contribution >= 4 is 13.4 Å². The van der Waals surface area contributed by atoms with Gasteiger partial charge in [0.1, 0.15) is 0 Å². The number of hydrogen-bond donors (Lipinski definition) is 0. The van der Waals surface area contributed by atoms with E-state index in [4.69, 9.17) is 9.31 Å². The van der Waals surface area contributed by atoms with Crippen LogP contribution in [-0.4, -0.2) is 24.6 Å². The van der Waals surface area contributed by atoms with Crippen molar-refractivity contribution in [1.29, 1.82) is 0 Å². The molecule has 1 saturated heterocycles. The first-order valence-corrected chi connectivity index (χ1v) is 4.37. The molecule has 1 heterocycles. The van der Waals surface area contributed by atoms with E-state index in [0.29, 0.717) is 6.29 Å². The molecular weight excluding hydrogens is 1060 g/mol. The van der Waals surface area contributed by atoms with Gasteiger partial charge in [0, 0.05) is 327 Å². The molecule has 1 fully saturated rings. The van der Waals surface area contributed by atoms with Crippen LogP contribution in [-0.2, 0) is 341 Å². The van der Waals surface area contributed by atoms with Crippen molar-refractivity contribution in [1.82, 2.24) is 0 Å². The fraction of sp³-hybridized carbons (Fsp3) is 0.667. The molecule has 1 aliphatic rings. The van der Waals surface area contributed by atoms with Crippen LogP contribution in [0.1, 0.15) is 27.7 Å². The van der Waals surface area contributed by atoms with E-state index in [0.717, 1.165) is 0 Å². The third-order valence-corrected chi connectivity index (χ3v) is 2.62. The molecule has 0 unspecified atom stereocenters. The Balaban J connectivity index is -0.0000000211. The Morgan fingerprint density at radius 3 is 1.17 bits per heavy atom. The van der Waals surface area contributed by atoms with Crippen LogP contribution in [0.2, 0.25) is 0 Å². The molecule has 104 valence electrons. The molecule has 1 rings (SSSR count). The maximum atomic E-state index is 10.1. The van der Waals surface area contributed by atoms with Gasteiger partial charge < -0.3 is 26.8 Å². The van der Waals surface area contributed by atoms with Crippen molar-refractivity contribution < 1.29 is 341 Å². The Morgan fingerprint density at radius 1 is 0.696 bits per heavy atom. The topological polar surface area (TPSA) is 35.5 Å². The minimum absolute atomic E-state index is 0. The van der Waals surface area contributed by atoms with E-state index in [-0.39, 0.29) is 338 Å². The molecule has 1 aliphatic heterocycles. The van der Waals surface area contributed by atoms with Crippen molar-refractivity contribution in [2.24, 2.45) is 0 Å². The molecule has 10 radical (unpaired) electrons. The SMILES string of the molecule is CC1(C)OB([CH-][CH-]C=O)OC1(C)C.[Y].[Y].[Y].[Y].[Y].[Y].[Y].[Y].[Y].[Y]. The first-order valence-electron chi connectivity index (χ1n) is 4.37. The number of hydrogen-bond acceptors (Lipinski definition) is 3. The van der Waals surface area contributed by atoms with Gasteiger partial charge in [-0.1, -0.05) is 0 Å². The van der Waals surface area contributed by atoms with Crippen LogP contribution in [0.15, 0.2) is 0 Å². The van der Waals surface area contributed by atoms with Crippen LogP contribution >= 0.6 is 0 Å². The molecular formula is C9H15BO3Y10-2. The summed E-state index contributed by atoms with van der Waals surface area (Å²) in [6, 6.07) is 0. The van der Waals surface area contributed by atoms with Crippen molar-refractivity contribution in [3.63, 3.8) is 0 Å². The van der Waals surface area contributed by atoms with Crippen molar-refractivity contribution in [2.75, 3.05) is 0 Å². The molecule has 0 spiro atoms. The summed E-state index contributed by atoms with van der Waals surface area (Å²) < 4.78 is 11.2. The van der Waals surface area contributed by atoms with Gasteiger partial charge >= 0.3 is 0 Å². The minimum Gasteiger partial charge on any atom is -0.489 e. The predicted octanol–water partition coefficient (Wildman–Crippen LogP) is 1.20. The molecule has 0 saturated carbocycles. The second kappa shape index (κ2) is 34.7. The Kier molecular flexibility index (Phi) is 96.8. The number of carbonyl (C=O) groups excluding carboxylic acids is 1. The van der Waals surface area contributed by atoms with Crippen LogP contribution in [0.5, 0.6) is 0 Å². The van der Waals surface area contributed by atoms with Crippen LogP contribution < -0.4 is 0 Å². The second-order valence-corrected chi connectivity index (χ2v) is 4.15. The summed E-state index contributed by atoms with van der Waals surface area (Å²) in [6.45, 7) is 7.90. The Morgan fingerprint density at radius 2 is 0.957 bits per heavy atom. The van der Waals surface area contributed by atoms with E-state index in [2.05, 4.69) is 0 Å². The van der Waals surface area contributed by atoms with Gasteiger partial charge in [-0.05, 0) is 34.0 Å². The summed E-state index contributed by atoms with van der Waals surface area (Å²) in [5.74, 6) is 0. The molecule has 0 amide bonds. The van der Waals surface area contributed by atoms with Crippen LogP contribution in [0, 0.1) is 12.7 Å². The quantitative estimate of drug-likeness (QED) is 0.243. The maximum Gasteiger partial charge on any atom is 0.250 e. The fourth-order valence-corrected chi connectivity index (χ4v) is 1.10. The second-order valence-electron chi connectivity index (χ2n) is 4.15. The Labute approximate surface area is 394 Å². The van der Waals surface area contributed by atoms with E-state index in [9.17, 15) is 4.79 Å². The van der Waals surface area contributed by atoms with Gasteiger partial charge in [-0.3, -0.25) is 0 Å². The van der Waals surface area contributed by atoms with Gasteiger partial charge in [-0.2, -0.15) is 0 Å². The zero-order valence-electron chi connectivity index (χ0n) is 14.3. The van der Waals surface area contributed by atoms with Crippen LogP contribution in [0.3, 0.4) is 0 Å². The van der Waals surface area contributed by atoms with E-state index in [1.54, 1.807) is 6.32 Å². The zero-order valence-corrected chi connectivity index (χ0v) is 42.7. The number of carbonyl (C=O) groups is 1. The van der Waals surface area contributed by atoms with Gasteiger partial charge in [-0.15, -0.1) is 0 Å². The number of aldehydes is 1. The summed E-state index contributed by atoms with van der Waals surface area (Å²) in [7, 11) is -0.407. The molecule has 3 nitrogen and oxygen atoms in total. The summed E-state index contributed by atoms with van der Waals surface area (Å²) in [5.41, 5.74) is -0.657. The normalized spacial score (nSPS) is 13.8. The minimum atomic E-state index is -0.407. The summed E-state index contributed by atoms with van der Waals surface area (Å²) in [5, 5.41) is 0. The van der Waals surface area contributed by atoms with E-state index in [1.165, 1.54) is 6.42 Å². The average Bonchev–Trinajstić information content (AvgIpc) is 2.17. The summed E-state index contributed by atoms with van der Waals surface area (Å²) in [6.07, 6.45) is 3.72. The van der Waals surface area contributed by atoms with Gasteiger partial charge in [-0.25, -0.2) is 0 Å². The monoisotopic (exact) mass is 1070 g/mol. The first kappa shape index (κ1) is 64.1. The molecule has 0 aliphatic carbocycles. The maximum absolute atomic E-state index is 10.1. The molecule has 23 heavy (non-hydrogen) atoms.